The fraction of sp³-hybridized carbons (Fsp3) is 0.679. The summed E-state index contributed by atoms with van der Waals surface area (Å²) in [6.45, 7) is 2.85. The fourth-order valence-electron chi connectivity index (χ4n) is 4.21. The zero-order chi connectivity index (χ0) is 22.0. The molecule has 1 aliphatic heterocycles. The number of carbonyl (C=O) groups is 1. The molecule has 174 valence electrons. The van der Waals surface area contributed by atoms with Crippen molar-refractivity contribution in [2.45, 2.75) is 122 Å². The molecule has 0 aromatic heterocycles. The van der Waals surface area contributed by atoms with E-state index in [0.717, 1.165) is 24.8 Å². The van der Waals surface area contributed by atoms with Gasteiger partial charge in [-0.2, -0.15) is 0 Å². The van der Waals surface area contributed by atoms with Crippen molar-refractivity contribution >= 4 is 5.97 Å². The van der Waals surface area contributed by atoms with E-state index >= 15 is 0 Å². The Balaban J connectivity index is 1.54. The number of esters is 1. The van der Waals surface area contributed by atoms with Gasteiger partial charge in [0.1, 0.15) is 6.10 Å². The highest BCUT2D eigenvalue weighted by Crippen LogP contribution is 2.23. The number of unbranched alkanes of at least 4 members (excludes halogenated alkanes) is 10. The number of rotatable bonds is 18. The molecule has 3 heteroatoms. The van der Waals surface area contributed by atoms with E-state index in [9.17, 15) is 4.79 Å². The van der Waals surface area contributed by atoms with E-state index in [2.05, 4.69) is 31.2 Å². The van der Waals surface area contributed by atoms with Crippen molar-refractivity contribution in [2.75, 3.05) is 0 Å². The fourth-order valence-corrected chi connectivity index (χ4v) is 4.21. The third-order valence-corrected chi connectivity index (χ3v) is 6.15. The van der Waals surface area contributed by atoms with Gasteiger partial charge in [-0.15, -0.1) is 0 Å². The molecule has 0 amide bonds. The van der Waals surface area contributed by atoms with Crippen LogP contribution in [0.25, 0.3) is 0 Å². The van der Waals surface area contributed by atoms with Crippen LogP contribution in [-0.2, 0) is 20.9 Å². The number of carbonyl (C=O) groups excluding carboxylic acids is 1. The molecule has 1 heterocycles. The van der Waals surface area contributed by atoms with Gasteiger partial charge in [-0.1, -0.05) is 107 Å². The number of allylic oxidation sites excluding steroid dienone is 2. The van der Waals surface area contributed by atoms with Gasteiger partial charge in [0.15, 0.2) is 0 Å². The van der Waals surface area contributed by atoms with Crippen molar-refractivity contribution in [2.24, 2.45) is 0 Å². The highest BCUT2D eigenvalue weighted by Gasteiger charge is 2.31. The Bertz CT molecular complexity index is 596. The van der Waals surface area contributed by atoms with Gasteiger partial charge < -0.3 is 9.47 Å². The molecular weight excluding hydrogens is 384 g/mol. The molecule has 0 spiro atoms. The monoisotopic (exact) mass is 428 g/mol. The van der Waals surface area contributed by atoms with Crippen LogP contribution in [-0.4, -0.2) is 18.2 Å². The Kier molecular flexibility index (Phi) is 14.1. The van der Waals surface area contributed by atoms with E-state index in [1.54, 1.807) is 0 Å². The molecule has 0 N–H and O–H groups in total. The molecule has 3 nitrogen and oxygen atoms in total. The summed E-state index contributed by atoms with van der Waals surface area (Å²) >= 11 is 0. The molecule has 1 aromatic carbocycles. The average Bonchev–Trinajstić information content (AvgIpc) is 3.22. The van der Waals surface area contributed by atoms with E-state index in [1.165, 1.54) is 70.6 Å². The predicted octanol–water partition coefficient (Wildman–Crippen LogP) is 7.92. The van der Waals surface area contributed by atoms with Crippen LogP contribution in [0.5, 0.6) is 0 Å². The minimum Gasteiger partial charge on any atom is -0.460 e. The zero-order valence-electron chi connectivity index (χ0n) is 19.7. The molecule has 1 fully saturated rings. The smallest absolute Gasteiger partial charge is 0.306 e. The maximum absolute atomic E-state index is 11.5. The lowest BCUT2D eigenvalue weighted by Gasteiger charge is -2.22. The largest absolute Gasteiger partial charge is 0.460 e. The van der Waals surface area contributed by atoms with Gasteiger partial charge in [0.2, 0.25) is 0 Å². The summed E-state index contributed by atoms with van der Waals surface area (Å²) in [7, 11) is 0. The number of hydrogen-bond donors (Lipinski definition) is 0. The lowest BCUT2D eigenvalue weighted by molar-refractivity contribution is -0.148. The first kappa shape index (κ1) is 25.6. The van der Waals surface area contributed by atoms with Gasteiger partial charge in [0.05, 0.1) is 12.7 Å². The Morgan fingerprint density at radius 2 is 1.58 bits per heavy atom. The topological polar surface area (TPSA) is 35.5 Å². The van der Waals surface area contributed by atoms with Crippen LogP contribution in [0.1, 0.15) is 109 Å². The molecule has 31 heavy (non-hydrogen) atoms. The van der Waals surface area contributed by atoms with E-state index in [4.69, 9.17) is 9.47 Å². The van der Waals surface area contributed by atoms with Gasteiger partial charge in [-0.3, -0.25) is 4.79 Å². The molecule has 1 aliphatic rings. The second-order valence-corrected chi connectivity index (χ2v) is 8.92. The predicted molar refractivity (Wildman–Crippen MR) is 129 cm³/mol. The van der Waals surface area contributed by atoms with Gasteiger partial charge >= 0.3 is 5.97 Å². The standard InChI is InChI=1S/C28H44O3/c1-2-3-4-5-6-7-8-9-10-11-12-13-14-18-21-26(27-22-23-28(29)31-27)30-24-25-19-16-15-17-20-25/h13-17,19-20,26-27H,2-12,18,21-24H2,1H3/b14-13-/t26-,27-/m1/s1. The summed E-state index contributed by atoms with van der Waals surface area (Å²) in [5.41, 5.74) is 1.16. The first-order valence-corrected chi connectivity index (χ1v) is 12.8. The number of cyclic esters (lactones) is 1. The van der Waals surface area contributed by atoms with Crippen molar-refractivity contribution in [3.8, 4) is 0 Å². The second-order valence-electron chi connectivity index (χ2n) is 8.92. The maximum atomic E-state index is 11.5. The molecule has 2 rings (SSSR count). The molecule has 1 saturated heterocycles. The van der Waals surface area contributed by atoms with E-state index in [1.807, 2.05) is 18.2 Å². The second kappa shape index (κ2) is 17.0. The SMILES string of the molecule is CCCCCCCCCCCC/C=C\CC[C@@H](OCc1ccccc1)[C@H]1CCC(=O)O1. The highest BCUT2D eigenvalue weighted by atomic mass is 16.6. The number of ether oxygens (including phenoxy) is 2. The van der Waals surface area contributed by atoms with Gasteiger partial charge in [-0.05, 0) is 37.7 Å². The zero-order valence-corrected chi connectivity index (χ0v) is 19.7. The van der Waals surface area contributed by atoms with Crippen LogP contribution in [0.15, 0.2) is 42.5 Å². The molecule has 0 unspecified atom stereocenters. The molecule has 0 bridgehead atoms. The summed E-state index contributed by atoms with van der Waals surface area (Å²) in [4.78, 5) is 11.5. The average molecular weight is 429 g/mol. The van der Waals surface area contributed by atoms with Crippen LogP contribution < -0.4 is 0 Å². The van der Waals surface area contributed by atoms with Crippen molar-refractivity contribution in [3.05, 3.63) is 48.0 Å². The highest BCUT2D eigenvalue weighted by molar-refractivity contribution is 5.71. The van der Waals surface area contributed by atoms with Crippen LogP contribution in [0, 0.1) is 0 Å². The van der Waals surface area contributed by atoms with Crippen molar-refractivity contribution in [1.29, 1.82) is 0 Å². The third kappa shape index (κ3) is 12.1. The van der Waals surface area contributed by atoms with Crippen molar-refractivity contribution in [1.82, 2.24) is 0 Å². The Labute approximate surface area is 190 Å². The van der Waals surface area contributed by atoms with Gasteiger partial charge in [0.25, 0.3) is 0 Å². The molecule has 0 saturated carbocycles. The van der Waals surface area contributed by atoms with Crippen molar-refractivity contribution < 1.29 is 14.3 Å². The molecule has 0 radical (unpaired) electrons. The van der Waals surface area contributed by atoms with Crippen LogP contribution in [0.2, 0.25) is 0 Å². The lowest BCUT2D eigenvalue weighted by atomic mass is 10.0. The Hall–Kier alpha value is -1.61. The van der Waals surface area contributed by atoms with Crippen LogP contribution in [0.4, 0.5) is 0 Å². The van der Waals surface area contributed by atoms with E-state index in [0.29, 0.717) is 13.0 Å². The van der Waals surface area contributed by atoms with Gasteiger partial charge in [-0.25, -0.2) is 0 Å². The quantitative estimate of drug-likeness (QED) is 0.135. The first-order valence-electron chi connectivity index (χ1n) is 12.8. The van der Waals surface area contributed by atoms with E-state index < -0.39 is 0 Å². The third-order valence-electron chi connectivity index (χ3n) is 6.15. The summed E-state index contributed by atoms with van der Waals surface area (Å²) in [5.74, 6) is -0.0881. The number of hydrogen-bond acceptors (Lipinski definition) is 3. The van der Waals surface area contributed by atoms with Gasteiger partial charge in [0, 0.05) is 6.42 Å². The Morgan fingerprint density at radius 3 is 2.23 bits per heavy atom. The molecule has 2 atom stereocenters. The van der Waals surface area contributed by atoms with Crippen LogP contribution >= 0.6 is 0 Å². The molecule has 0 aliphatic carbocycles. The maximum Gasteiger partial charge on any atom is 0.306 e. The minimum atomic E-state index is -0.0911. The molecular formula is C28H44O3. The first-order chi connectivity index (χ1) is 15.3. The van der Waals surface area contributed by atoms with Crippen LogP contribution in [0.3, 0.4) is 0 Å². The normalized spacial score (nSPS) is 17.3. The minimum absolute atomic E-state index is 0.0198. The summed E-state index contributed by atoms with van der Waals surface area (Å²) in [6.07, 6.45) is 22.7. The lowest BCUT2D eigenvalue weighted by Crippen LogP contribution is -2.28. The summed E-state index contributed by atoms with van der Waals surface area (Å²) in [6, 6.07) is 10.2. The summed E-state index contributed by atoms with van der Waals surface area (Å²) in [5, 5.41) is 0. The Morgan fingerprint density at radius 1 is 0.935 bits per heavy atom. The molecule has 1 aromatic rings. The summed E-state index contributed by atoms with van der Waals surface area (Å²) < 4.78 is 11.7. The number of benzene rings is 1. The van der Waals surface area contributed by atoms with E-state index in [-0.39, 0.29) is 18.2 Å². The van der Waals surface area contributed by atoms with Crippen molar-refractivity contribution in [3.63, 3.8) is 0 Å².